The monoisotopic (exact) mass is 364 g/mol. The van der Waals surface area contributed by atoms with Gasteiger partial charge in [-0.2, -0.15) is 5.10 Å². The molecule has 3 heterocycles. The second kappa shape index (κ2) is 6.66. The van der Waals surface area contributed by atoms with Crippen LogP contribution in [-0.2, 0) is 17.6 Å². The predicted molar refractivity (Wildman–Crippen MR) is 98.4 cm³/mol. The largest absolute Gasteiger partial charge is 0.445 e. The number of oxazole rings is 1. The third-order valence-corrected chi connectivity index (χ3v) is 5.25. The number of amides is 1. The molecule has 2 N–H and O–H groups in total. The Morgan fingerprint density at radius 1 is 1.19 bits per heavy atom. The van der Waals surface area contributed by atoms with Crippen molar-refractivity contribution >= 4 is 11.6 Å². The Labute approximate surface area is 156 Å². The van der Waals surface area contributed by atoms with E-state index in [2.05, 4.69) is 20.5 Å². The van der Waals surface area contributed by atoms with E-state index in [0.717, 1.165) is 36.9 Å². The maximum atomic E-state index is 12.6. The van der Waals surface area contributed by atoms with Gasteiger partial charge in [0.25, 0.3) is 5.91 Å². The van der Waals surface area contributed by atoms with Crippen LogP contribution in [0, 0.1) is 0 Å². The van der Waals surface area contributed by atoms with Gasteiger partial charge in [0.15, 0.2) is 17.8 Å². The van der Waals surface area contributed by atoms with Crippen LogP contribution in [0.15, 0.2) is 35.1 Å². The number of rotatable bonds is 4. The molecule has 1 aliphatic heterocycles. The summed E-state index contributed by atoms with van der Waals surface area (Å²) in [6, 6.07) is 7.73. The van der Waals surface area contributed by atoms with Crippen molar-refractivity contribution in [2.45, 2.75) is 38.2 Å². The number of aryl methyl sites for hydroxylation is 1. The predicted octanol–water partition coefficient (Wildman–Crippen LogP) is 3.66. The molecule has 5 rings (SSSR count). The first-order valence-electron chi connectivity index (χ1n) is 9.32. The first-order valence-corrected chi connectivity index (χ1v) is 9.32. The number of carbonyl (C=O) groups excluding carboxylic acids is 1. The van der Waals surface area contributed by atoms with Crippen molar-refractivity contribution in [1.82, 2.24) is 15.2 Å². The lowest BCUT2D eigenvalue weighted by Crippen LogP contribution is -2.15. The molecule has 1 saturated heterocycles. The maximum Gasteiger partial charge on any atom is 0.278 e. The van der Waals surface area contributed by atoms with Crippen molar-refractivity contribution in [3.63, 3.8) is 0 Å². The van der Waals surface area contributed by atoms with Gasteiger partial charge in [0, 0.05) is 29.1 Å². The van der Waals surface area contributed by atoms with Gasteiger partial charge >= 0.3 is 0 Å². The van der Waals surface area contributed by atoms with E-state index < -0.39 is 0 Å². The van der Waals surface area contributed by atoms with Crippen molar-refractivity contribution in [1.29, 1.82) is 0 Å². The number of fused-ring (bicyclic) bond motifs is 1. The third kappa shape index (κ3) is 2.94. The first kappa shape index (κ1) is 16.3. The average Bonchev–Trinajstić information content (AvgIpc) is 3.45. The summed E-state index contributed by atoms with van der Waals surface area (Å²) in [6.45, 7) is 0.685. The Balaban J connectivity index is 1.33. The molecule has 7 nitrogen and oxygen atoms in total. The van der Waals surface area contributed by atoms with Crippen molar-refractivity contribution in [3.8, 4) is 11.3 Å². The number of benzene rings is 1. The summed E-state index contributed by atoms with van der Waals surface area (Å²) in [5.41, 5.74) is 5.62. The highest BCUT2D eigenvalue weighted by Crippen LogP contribution is 2.32. The quantitative estimate of drug-likeness (QED) is 0.737. The van der Waals surface area contributed by atoms with Crippen molar-refractivity contribution in [2.24, 2.45) is 0 Å². The van der Waals surface area contributed by atoms with Crippen LogP contribution in [0.25, 0.3) is 11.3 Å². The standard InChI is InChI=1S/C20H20N4O3/c25-20(18-19(27-11-21-18)16-5-2-10-26-16)22-13-8-6-12(7-9-13)17-14-3-1-4-15(14)23-24-17/h6-9,11,16H,1-5,10H2,(H,22,25)(H,23,24). The molecule has 1 amide bonds. The molecule has 1 aromatic carbocycles. The van der Waals surface area contributed by atoms with Crippen LogP contribution in [0.4, 0.5) is 5.69 Å². The van der Waals surface area contributed by atoms with E-state index in [1.807, 2.05) is 24.3 Å². The van der Waals surface area contributed by atoms with Gasteiger partial charge in [-0.15, -0.1) is 0 Å². The highest BCUT2D eigenvalue weighted by atomic mass is 16.5. The molecule has 1 unspecified atom stereocenters. The van der Waals surface area contributed by atoms with Crippen LogP contribution in [0.1, 0.15) is 52.9 Å². The topological polar surface area (TPSA) is 93.0 Å². The van der Waals surface area contributed by atoms with Crippen LogP contribution in [0.2, 0.25) is 0 Å². The molecule has 138 valence electrons. The number of hydrogen-bond donors (Lipinski definition) is 2. The number of carbonyl (C=O) groups is 1. The SMILES string of the molecule is O=C(Nc1ccc(-c2n[nH]c3c2CCC3)cc1)c1ncoc1C1CCCO1. The number of H-pyrrole nitrogens is 1. The van der Waals surface area contributed by atoms with Crippen LogP contribution in [0.5, 0.6) is 0 Å². The lowest BCUT2D eigenvalue weighted by atomic mass is 10.1. The minimum Gasteiger partial charge on any atom is -0.445 e. The molecule has 27 heavy (non-hydrogen) atoms. The second-order valence-electron chi connectivity index (χ2n) is 6.98. The number of anilines is 1. The van der Waals surface area contributed by atoms with E-state index in [1.165, 1.54) is 24.1 Å². The minimum atomic E-state index is -0.289. The van der Waals surface area contributed by atoms with E-state index >= 15 is 0 Å². The van der Waals surface area contributed by atoms with Gasteiger partial charge in [-0.05, 0) is 44.2 Å². The average molecular weight is 364 g/mol. The second-order valence-corrected chi connectivity index (χ2v) is 6.98. The molecular formula is C20H20N4O3. The Morgan fingerprint density at radius 2 is 2.07 bits per heavy atom. The number of ether oxygens (including phenoxy) is 1. The van der Waals surface area contributed by atoms with Gasteiger partial charge in [-0.1, -0.05) is 12.1 Å². The van der Waals surface area contributed by atoms with Gasteiger partial charge in [0.05, 0.1) is 5.69 Å². The van der Waals surface area contributed by atoms with Gasteiger partial charge in [-0.3, -0.25) is 9.89 Å². The zero-order chi connectivity index (χ0) is 18.2. The Hall–Kier alpha value is -2.93. The molecule has 7 heteroatoms. The molecule has 1 atom stereocenters. The fourth-order valence-electron chi connectivity index (χ4n) is 3.90. The molecule has 2 aliphatic rings. The molecule has 0 radical (unpaired) electrons. The molecule has 3 aromatic rings. The number of nitrogens with zero attached hydrogens (tertiary/aromatic N) is 2. The number of nitrogens with one attached hydrogen (secondary N) is 2. The van der Waals surface area contributed by atoms with Crippen LogP contribution < -0.4 is 5.32 Å². The molecular weight excluding hydrogens is 344 g/mol. The van der Waals surface area contributed by atoms with Gasteiger partial charge in [0.2, 0.25) is 0 Å². The van der Waals surface area contributed by atoms with E-state index in [-0.39, 0.29) is 17.7 Å². The smallest absolute Gasteiger partial charge is 0.278 e. The van der Waals surface area contributed by atoms with E-state index in [0.29, 0.717) is 18.1 Å². The summed E-state index contributed by atoms with van der Waals surface area (Å²) in [7, 11) is 0. The maximum absolute atomic E-state index is 12.6. The van der Waals surface area contributed by atoms with Crippen LogP contribution in [0.3, 0.4) is 0 Å². The fourth-order valence-corrected chi connectivity index (χ4v) is 3.90. The fraction of sp³-hybridized carbons (Fsp3) is 0.350. The van der Waals surface area contributed by atoms with Gasteiger partial charge in [-0.25, -0.2) is 4.98 Å². The molecule has 1 fully saturated rings. The third-order valence-electron chi connectivity index (χ3n) is 5.25. The van der Waals surface area contributed by atoms with Crippen LogP contribution >= 0.6 is 0 Å². The lowest BCUT2D eigenvalue weighted by molar-refractivity contribution is 0.0889. The summed E-state index contributed by atoms with van der Waals surface area (Å²) in [5.74, 6) is 0.219. The van der Waals surface area contributed by atoms with E-state index in [4.69, 9.17) is 9.15 Å². The normalized spacial score (nSPS) is 18.6. The van der Waals surface area contributed by atoms with Crippen LogP contribution in [-0.4, -0.2) is 27.7 Å². The first-order chi connectivity index (χ1) is 13.3. The zero-order valence-electron chi connectivity index (χ0n) is 14.8. The van der Waals surface area contributed by atoms with Crippen molar-refractivity contribution in [3.05, 3.63) is 53.4 Å². The zero-order valence-corrected chi connectivity index (χ0v) is 14.8. The van der Waals surface area contributed by atoms with Crippen molar-refractivity contribution < 1.29 is 13.9 Å². The lowest BCUT2D eigenvalue weighted by Gasteiger charge is -2.09. The Kier molecular flexibility index (Phi) is 4.01. The highest BCUT2D eigenvalue weighted by molar-refractivity contribution is 6.03. The molecule has 0 spiro atoms. The molecule has 0 bridgehead atoms. The molecule has 2 aromatic heterocycles. The summed E-state index contributed by atoms with van der Waals surface area (Å²) in [4.78, 5) is 16.7. The summed E-state index contributed by atoms with van der Waals surface area (Å²) in [5, 5.41) is 10.5. The molecule has 1 aliphatic carbocycles. The summed E-state index contributed by atoms with van der Waals surface area (Å²) < 4.78 is 11.0. The summed E-state index contributed by atoms with van der Waals surface area (Å²) >= 11 is 0. The number of aromatic amines is 1. The van der Waals surface area contributed by atoms with Gasteiger partial charge < -0.3 is 14.5 Å². The van der Waals surface area contributed by atoms with E-state index in [1.54, 1.807) is 0 Å². The number of hydrogen-bond acceptors (Lipinski definition) is 5. The van der Waals surface area contributed by atoms with Gasteiger partial charge in [0.1, 0.15) is 6.10 Å². The Bertz CT molecular complexity index is 968. The number of aromatic nitrogens is 3. The highest BCUT2D eigenvalue weighted by Gasteiger charge is 2.28. The van der Waals surface area contributed by atoms with Crippen molar-refractivity contribution in [2.75, 3.05) is 11.9 Å². The van der Waals surface area contributed by atoms with E-state index in [9.17, 15) is 4.79 Å². The Morgan fingerprint density at radius 3 is 2.89 bits per heavy atom. The summed E-state index contributed by atoms with van der Waals surface area (Å²) in [6.07, 6.45) is 6.24. The minimum absolute atomic E-state index is 0.183. The molecule has 0 saturated carbocycles.